The smallest absolute Gasteiger partial charge is 0.341 e. The lowest BCUT2D eigenvalue weighted by Crippen LogP contribution is -2.31. The third-order valence-corrected chi connectivity index (χ3v) is 4.02. The van der Waals surface area contributed by atoms with E-state index in [0.717, 1.165) is 11.1 Å². The third-order valence-electron chi connectivity index (χ3n) is 4.02. The van der Waals surface area contributed by atoms with Gasteiger partial charge in [-0.1, -0.05) is 12.1 Å². The number of aliphatic imine (C=N–C) groups is 1. The van der Waals surface area contributed by atoms with Crippen LogP contribution in [0.5, 0.6) is 17.2 Å². The summed E-state index contributed by atoms with van der Waals surface area (Å²) in [6.45, 7) is 0.782. The molecule has 3 N–H and O–H groups in total. The Morgan fingerprint density at radius 3 is 2.21 bits per heavy atom. The summed E-state index contributed by atoms with van der Waals surface area (Å²) < 4.78 is 20.5. The predicted octanol–water partition coefficient (Wildman–Crippen LogP) is 2.10. The minimum atomic E-state index is -0.470. The third kappa shape index (κ3) is 5.29. The molecule has 0 aliphatic rings. The van der Waals surface area contributed by atoms with E-state index in [0.29, 0.717) is 35.9 Å². The van der Waals surface area contributed by atoms with E-state index in [1.54, 1.807) is 26.4 Å². The van der Waals surface area contributed by atoms with E-state index < -0.39 is 5.97 Å². The molecule has 0 spiro atoms. The second-order valence-electron chi connectivity index (χ2n) is 5.77. The van der Waals surface area contributed by atoms with Crippen LogP contribution >= 0.6 is 0 Å². The van der Waals surface area contributed by atoms with Crippen LogP contribution < -0.4 is 25.3 Å². The van der Waals surface area contributed by atoms with Gasteiger partial charge in [0, 0.05) is 6.54 Å². The van der Waals surface area contributed by atoms with Gasteiger partial charge in [-0.25, -0.2) is 9.79 Å². The fourth-order valence-electron chi connectivity index (χ4n) is 2.54. The number of carbonyl (C=O) groups excluding carboxylic acids is 1. The molecule has 0 aliphatic carbocycles. The molecule has 28 heavy (non-hydrogen) atoms. The quantitative estimate of drug-likeness (QED) is 0.406. The van der Waals surface area contributed by atoms with Crippen molar-refractivity contribution in [1.29, 1.82) is 0 Å². The Balaban J connectivity index is 2.02. The molecule has 0 amide bonds. The van der Waals surface area contributed by atoms with Crippen molar-refractivity contribution in [3.8, 4) is 17.2 Å². The maximum absolute atomic E-state index is 11.8. The summed E-state index contributed by atoms with van der Waals surface area (Å²) in [5.41, 5.74) is 8.05. The molecule has 2 aromatic carbocycles. The maximum Gasteiger partial charge on any atom is 0.341 e. The van der Waals surface area contributed by atoms with Crippen molar-refractivity contribution in [2.75, 3.05) is 28.4 Å². The topological polar surface area (TPSA) is 104 Å². The highest BCUT2D eigenvalue weighted by Gasteiger charge is 2.13. The summed E-state index contributed by atoms with van der Waals surface area (Å²) >= 11 is 0. The number of nitrogens with zero attached hydrogens (tertiary/aromatic N) is 1. The van der Waals surface area contributed by atoms with Crippen LogP contribution in [0.2, 0.25) is 0 Å². The number of rotatable bonds is 8. The van der Waals surface area contributed by atoms with Crippen LogP contribution in [0, 0.1) is 0 Å². The van der Waals surface area contributed by atoms with Gasteiger partial charge in [0.15, 0.2) is 17.5 Å². The average Bonchev–Trinajstić information content (AvgIpc) is 2.75. The predicted molar refractivity (Wildman–Crippen MR) is 106 cm³/mol. The number of hydrogen-bond acceptors (Lipinski definition) is 6. The maximum atomic E-state index is 11.8. The molecule has 2 rings (SSSR count). The lowest BCUT2D eigenvalue weighted by molar-refractivity contribution is 0.0597. The number of ether oxygens (including phenoxy) is 4. The van der Waals surface area contributed by atoms with Gasteiger partial charge in [-0.05, 0) is 35.4 Å². The summed E-state index contributed by atoms with van der Waals surface area (Å²) in [6.07, 6.45) is 0. The number of guanidine groups is 1. The normalized spacial score (nSPS) is 10.9. The minimum Gasteiger partial charge on any atom is -0.496 e. The van der Waals surface area contributed by atoms with Crippen molar-refractivity contribution in [1.82, 2.24) is 5.32 Å². The van der Waals surface area contributed by atoms with Gasteiger partial charge in [0.1, 0.15) is 11.3 Å². The Morgan fingerprint density at radius 2 is 1.57 bits per heavy atom. The second-order valence-corrected chi connectivity index (χ2v) is 5.77. The van der Waals surface area contributed by atoms with E-state index >= 15 is 0 Å². The molecule has 0 aliphatic heterocycles. The zero-order valence-electron chi connectivity index (χ0n) is 16.4. The van der Waals surface area contributed by atoms with Crippen LogP contribution in [0.4, 0.5) is 0 Å². The average molecular weight is 387 g/mol. The second kappa shape index (κ2) is 10.1. The van der Waals surface area contributed by atoms with Gasteiger partial charge in [0.25, 0.3) is 0 Å². The number of methoxy groups -OCH3 is 4. The van der Waals surface area contributed by atoms with Crippen molar-refractivity contribution in [2.45, 2.75) is 13.1 Å². The van der Waals surface area contributed by atoms with E-state index in [9.17, 15) is 4.79 Å². The summed E-state index contributed by atoms with van der Waals surface area (Å²) in [4.78, 5) is 16.1. The van der Waals surface area contributed by atoms with E-state index in [1.165, 1.54) is 14.2 Å². The summed E-state index contributed by atoms with van der Waals surface area (Å²) in [6, 6.07) is 10.8. The van der Waals surface area contributed by atoms with Crippen molar-refractivity contribution < 1.29 is 23.7 Å². The van der Waals surface area contributed by atoms with Crippen LogP contribution in [0.25, 0.3) is 0 Å². The Hall–Kier alpha value is -3.42. The summed E-state index contributed by atoms with van der Waals surface area (Å²) in [5, 5.41) is 3.04. The first-order chi connectivity index (χ1) is 13.5. The van der Waals surface area contributed by atoms with Gasteiger partial charge in [-0.15, -0.1) is 0 Å². The highest BCUT2D eigenvalue weighted by Crippen LogP contribution is 2.27. The van der Waals surface area contributed by atoms with Crippen LogP contribution in [0.1, 0.15) is 21.5 Å². The highest BCUT2D eigenvalue weighted by atomic mass is 16.5. The first-order valence-corrected chi connectivity index (χ1v) is 8.52. The number of nitrogens with one attached hydrogen (secondary N) is 1. The van der Waals surface area contributed by atoms with E-state index in [1.807, 2.05) is 24.3 Å². The van der Waals surface area contributed by atoms with Crippen LogP contribution in [-0.2, 0) is 17.8 Å². The molecular weight excluding hydrogens is 362 g/mol. The SMILES string of the molecule is COC(=O)c1cc(CN=C(N)NCc2ccc(OC)c(OC)c2)ccc1OC. The van der Waals surface area contributed by atoms with Crippen LogP contribution in [-0.4, -0.2) is 40.4 Å². The van der Waals surface area contributed by atoms with Crippen molar-refractivity contribution in [3.05, 3.63) is 53.1 Å². The fourth-order valence-corrected chi connectivity index (χ4v) is 2.54. The molecule has 0 bridgehead atoms. The minimum absolute atomic E-state index is 0.283. The molecule has 0 radical (unpaired) electrons. The lowest BCUT2D eigenvalue weighted by Gasteiger charge is -2.11. The molecule has 0 fully saturated rings. The Morgan fingerprint density at radius 1 is 0.929 bits per heavy atom. The number of nitrogens with two attached hydrogens (primary N) is 1. The molecule has 8 heteroatoms. The van der Waals surface area contributed by atoms with Gasteiger partial charge in [-0.2, -0.15) is 0 Å². The number of esters is 1. The van der Waals surface area contributed by atoms with E-state index in [2.05, 4.69) is 10.3 Å². The number of hydrogen-bond donors (Lipinski definition) is 2. The van der Waals surface area contributed by atoms with E-state index in [-0.39, 0.29) is 5.96 Å². The molecule has 0 saturated heterocycles. The molecular formula is C20H25N3O5. The number of benzene rings is 2. The molecule has 0 atom stereocenters. The molecule has 0 heterocycles. The fraction of sp³-hybridized carbons (Fsp3) is 0.300. The largest absolute Gasteiger partial charge is 0.496 e. The van der Waals surface area contributed by atoms with Crippen LogP contribution in [0.3, 0.4) is 0 Å². The molecule has 0 aromatic heterocycles. The molecule has 8 nitrogen and oxygen atoms in total. The molecule has 0 saturated carbocycles. The van der Waals surface area contributed by atoms with Gasteiger partial charge in [-0.3, -0.25) is 0 Å². The summed E-state index contributed by atoms with van der Waals surface area (Å²) in [7, 11) is 5.99. The Labute approximate surface area is 164 Å². The van der Waals surface area contributed by atoms with Crippen molar-refractivity contribution in [3.63, 3.8) is 0 Å². The molecule has 0 unspecified atom stereocenters. The lowest BCUT2D eigenvalue weighted by atomic mass is 10.1. The standard InChI is InChI=1S/C20H25N3O5/c1-25-16-7-5-13(9-15(16)19(24)28-4)11-22-20(21)23-12-14-6-8-17(26-2)18(10-14)27-3/h5-10H,11-12H2,1-4H3,(H3,21,22,23). The molecule has 150 valence electrons. The Bertz CT molecular complexity index is 852. The Kier molecular flexibility index (Phi) is 7.50. The zero-order valence-corrected chi connectivity index (χ0v) is 16.4. The summed E-state index contributed by atoms with van der Waals surface area (Å²) in [5.74, 6) is 1.56. The first kappa shape index (κ1) is 20.9. The number of carbonyl (C=O) groups is 1. The van der Waals surface area contributed by atoms with Gasteiger partial charge in [0.2, 0.25) is 0 Å². The van der Waals surface area contributed by atoms with E-state index in [4.69, 9.17) is 24.7 Å². The van der Waals surface area contributed by atoms with Gasteiger partial charge < -0.3 is 30.0 Å². The van der Waals surface area contributed by atoms with Gasteiger partial charge in [0.05, 0.1) is 35.0 Å². The van der Waals surface area contributed by atoms with Gasteiger partial charge >= 0.3 is 5.97 Å². The first-order valence-electron chi connectivity index (χ1n) is 8.52. The van der Waals surface area contributed by atoms with Crippen LogP contribution in [0.15, 0.2) is 41.4 Å². The zero-order chi connectivity index (χ0) is 20.5. The highest BCUT2D eigenvalue weighted by molar-refractivity contribution is 5.92. The monoisotopic (exact) mass is 387 g/mol. The van der Waals surface area contributed by atoms with Crippen molar-refractivity contribution in [2.24, 2.45) is 10.7 Å². The molecule has 2 aromatic rings. The van der Waals surface area contributed by atoms with Crippen molar-refractivity contribution >= 4 is 11.9 Å².